The molecule has 1 aliphatic rings. The number of aromatic nitrogens is 5. The normalized spacial score (nSPS) is 15.9. The van der Waals surface area contributed by atoms with Crippen LogP contribution in [-0.2, 0) is 6.54 Å². The van der Waals surface area contributed by atoms with Crippen LogP contribution in [0.25, 0.3) is 10.9 Å². The van der Waals surface area contributed by atoms with Crippen molar-refractivity contribution in [3.63, 3.8) is 0 Å². The van der Waals surface area contributed by atoms with Gasteiger partial charge in [-0.2, -0.15) is 0 Å². The van der Waals surface area contributed by atoms with E-state index in [2.05, 4.69) is 37.5 Å². The molecule has 0 spiro atoms. The Morgan fingerprint density at radius 1 is 1.03 bits per heavy atom. The maximum absolute atomic E-state index is 13.3. The Morgan fingerprint density at radius 2 is 1.84 bits per heavy atom. The van der Waals surface area contributed by atoms with Crippen LogP contribution in [0.2, 0.25) is 0 Å². The van der Waals surface area contributed by atoms with Crippen molar-refractivity contribution in [3.05, 3.63) is 87.5 Å². The number of hydrogen-bond acceptors (Lipinski definition) is 5. The molecule has 158 valence electrons. The Morgan fingerprint density at radius 3 is 2.65 bits per heavy atom. The van der Waals surface area contributed by atoms with Gasteiger partial charge >= 0.3 is 0 Å². The molecule has 1 saturated heterocycles. The molecule has 0 aliphatic carbocycles. The van der Waals surface area contributed by atoms with Crippen LogP contribution >= 0.6 is 0 Å². The highest BCUT2D eigenvalue weighted by atomic mass is 16.1. The summed E-state index contributed by atoms with van der Waals surface area (Å²) in [5, 5.41) is 13.7. The number of pyridine rings is 1. The zero-order valence-electron chi connectivity index (χ0n) is 17.7. The fourth-order valence-corrected chi connectivity index (χ4v) is 4.56. The number of aromatic amines is 1. The SMILES string of the molecule is Cc1cccc2cc([C@H](c3nnnn3Cc3ccccc3)N3CCCCC3)c(=O)[nH]c12. The van der Waals surface area contributed by atoms with E-state index >= 15 is 0 Å². The standard InChI is InChI=1S/C24H26N6O/c1-17-9-8-12-19-15-20(24(31)25-21(17)19)22(29-13-6-3-7-14-29)23-26-27-28-30(23)16-18-10-4-2-5-11-18/h2,4-5,8-12,15,22H,3,6-7,13-14,16H2,1H3,(H,25,31)/t22-/m1/s1. The van der Waals surface area contributed by atoms with Gasteiger partial charge in [-0.25, -0.2) is 4.68 Å². The second-order valence-electron chi connectivity index (χ2n) is 8.27. The summed E-state index contributed by atoms with van der Waals surface area (Å²) in [7, 11) is 0. The molecule has 4 aromatic rings. The molecule has 1 fully saturated rings. The lowest BCUT2D eigenvalue weighted by molar-refractivity contribution is 0.177. The zero-order valence-corrected chi connectivity index (χ0v) is 17.7. The summed E-state index contributed by atoms with van der Waals surface area (Å²) in [5.41, 5.74) is 3.69. The largest absolute Gasteiger partial charge is 0.321 e. The monoisotopic (exact) mass is 414 g/mol. The van der Waals surface area contributed by atoms with Crippen LogP contribution in [0.1, 0.15) is 47.8 Å². The highest BCUT2D eigenvalue weighted by molar-refractivity contribution is 5.82. The average Bonchev–Trinajstić information content (AvgIpc) is 3.24. The number of H-pyrrole nitrogens is 1. The fourth-order valence-electron chi connectivity index (χ4n) is 4.56. The van der Waals surface area contributed by atoms with Crippen molar-refractivity contribution in [2.75, 3.05) is 13.1 Å². The van der Waals surface area contributed by atoms with Gasteiger partial charge in [0.2, 0.25) is 0 Å². The van der Waals surface area contributed by atoms with Gasteiger partial charge < -0.3 is 4.98 Å². The first kappa shape index (κ1) is 19.6. The summed E-state index contributed by atoms with van der Waals surface area (Å²) < 4.78 is 1.83. The molecular formula is C24H26N6O. The Bertz CT molecular complexity index is 1240. The quantitative estimate of drug-likeness (QED) is 0.541. The molecule has 0 saturated carbocycles. The molecule has 0 unspecified atom stereocenters. The van der Waals surface area contributed by atoms with Crippen LogP contribution in [0.5, 0.6) is 0 Å². The van der Waals surface area contributed by atoms with E-state index in [4.69, 9.17) is 0 Å². The number of para-hydroxylation sites is 1. The summed E-state index contributed by atoms with van der Waals surface area (Å²) in [5.74, 6) is 0.711. The number of tetrazole rings is 1. The molecule has 3 heterocycles. The molecule has 2 aromatic carbocycles. The summed E-state index contributed by atoms with van der Waals surface area (Å²) in [6, 6.07) is 18.0. The van der Waals surface area contributed by atoms with Gasteiger partial charge in [-0.1, -0.05) is 55.0 Å². The van der Waals surface area contributed by atoms with Gasteiger partial charge in [0.05, 0.1) is 12.1 Å². The molecular weight excluding hydrogens is 388 g/mol. The smallest absolute Gasteiger partial charge is 0.253 e. The van der Waals surface area contributed by atoms with Gasteiger partial charge in [0.25, 0.3) is 5.56 Å². The zero-order chi connectivity index (χ0) is 21.2. The summed E-state index contributed by atoms with van der Waals surface area (Å²) in [6.07, 6.45) is 3.44. The van der Waals surface area contributed by atoms with Crippen molar-refractivity contribution >= 4 is 10.9 Å². The van der Waals surface area contributed by atoms with Gasteiger partial charge in [-0.15, -0.1) is 5.10 Å². The Labute approximate surface area is 180 Å². The number of benzene rings is 2. The number of likely N-dealkylation sites (tertiary alicyclic amines) is 1. The minimum absolute atomic E-state index is 0.0772. The minimum Gasteiger partial charge on any atom is -0.321 e. The molecule has 5 rings (SSSR count). The van der Waals surface area contributed by atoms with E-state index in [-0.39, 0.29) is 11.6 Å². The first-order valence-corrected chi connectivity index (χ1v) is 10.9. The molecule has 0 radical (unpaired) electrons. The van der Waals surface area contributed by atoms with Crippen LogP contribution < -0.4 is 5.56 Å². The van der Waals surface area contributed by atoms with Gasteiger partial charge in [0.15, 0.2) is 5.82 Å². The van der Waals surface area contributed by atoms with E-state index in [1.165, 1.54) is 6.42 Å². The third kappa shape index (κ3) is 3.88. The van der Waals surface area contributed by atoms with Crippen LogP contribution in [0.3, 0.4) is 0 Å². The molecule has 2 aromatic heterocycles. The predicted octanol–water partition coefficient (Wildman–Crippen LogP) is 3.45. The maximum Gasteiger partial charge on any atom is 0.253 e. The van der Waals surface area contributed by atoms with Crippen LogP contribution in [0, 0.1) is 6.92 Å². The molecule has 1 N–H and O–H groups in total. The van der Waals surface area contributed by atoms with Crippen molar-refractivity contribution in [2.24, 2.45) is 0 Å². The number of nitrogens with one attached hydrogen (secondary N) is 1. The molecule has 0 bridgehead atoms. The number of piperidine rings is 1. The van der Waals surface area contributed by atoms with Crippen molar-refractivity contribution < 1.29 is 0 Å². The average molecular weight is 415 g/mol. The van der Waals surface area contributed by atoms with Crippen molar-refractivity contribution in [1.29, 1.82) is 0 Å². The van der Waals surface area contributed by atoms with E-state index in [9.17, 15) is 4.79 Å². The molecule has 0 amide bonds. The van der Waals surface area contributed by atoms with E-state index in [0.717, 1.165) is 48.0 Å². The minimum atomic E-state index is -0.285. The summed E-state index contributed by atoms with van der Waals surface area (Å²) in [6.45, 7) is 4.43. The molecule has 7 heteroatoms. The van der Waals surface area contributed by atoms with Crippen molar-refractivity contribution in [1.82, 2.24) is 30.1 Å². The lowest BCUT2D eigenvalue weighted by atomic mass is 9.99. The predicted molar refractivity (Wildman–Crippen MR) is 120 cm³/mol. The Kier molecular flexibility index (Phi) is 5.34. The van der Waals surface area contributed by atoms with Gasteiger partial charge in [-0.3, -0.25) is 9.69 Å². The summed E-state index contributed by atoms with van der Waals surface area (Å²) >= 11 is 0. The molecule has 31 heavy (non-hydrogen) atoms. The Hall–Kier alpha value is -3.32. The lowest BCUT2D eigenvalue weighted by Gasteiger charge is -2.33. The first-order chi connectivity index (χ1) is 15.2. The van der Waals surface area contributed by atoms with Crippen LogP contribution in [0.15, 0.2) is 59.4 Å². The third-order valence-electron chi connectivity index (χ3n) is 6.15. The van der Waals surface area contributed by atoms with E-state index in [1.807, 2.05) is 54.1 Å². The van der Waals surface area contributed by atoms with Gasteiger partial charge in [-0.05, 0) is 65.9 Å². The number of rotatable bonds is 5. The van der Waals surface area contributed by atoms with E-state index < -0.39 is 0 Å². The first-order valence-electron chi connectivity index (χ1n) is 10.9. The topological polar surface area (TPSA) is 79.7 Å². The Balaban J connectivity index is 1.63. The second-order valence-corrected chi connectivity index (χ2v) is 8.27. The second kappa shape index (κ2) is 8.43. The van der Waals surface area contributed by atoms with Crippen molar-refractivity contribution in [2.45, 2.75) is 38.8 Å². The van der Waals surface area contributed by atoms with Crippen molar-refractivity contribution in [3.8, 4) is 0 Å². The third-order valence-corrected chi connectivity index (χ3v) is 6.15. The highest BCUT2D eigenvalue weighted by Crippen LogP contribution is 2.30. The van der Waals surface area contributed by atoms with Crippen LogP contribution in [0.4, 0.5) is 0 Å². The fraction of sp³-hybridized carbons (Fsp3) is 0.333. The van der Waals surface area contributed by atoms with Gasteiger partial charge in [0.1, 0.15) is 6.04 Å². The lowest BCUT2D eigenvalue weighted by Crippen LogP contribution is -2.38. The molecule has 7 nitrogen and oxygen atoms in total. The summed E-state index contributed by atoms with van der Waals surface area (Å²) in [4.78, 5) is 18.7. The van der Waals surface area contributed by atoms with Gasteiger partial charge in [0, 0.05) is 5.56 Å². The number of aryl methyl sites for hydroxylation is 1. The number of nitrogens with zero attached hydrogens (tertiary/aromatic N) is 5. The highest BCUT2D eigenvalue weighted by Gasteiger charge is 2.31. The number of fused-ring (bicyclic) bond motifs is 1. The van der Waals surface area contributed by atoms with E-state index in [0.29, 0.717) is 17.9 Å². The number of hydrogen-bond donors (Lipinski definition) is 1. The van der Waals surface area contributed by atoms with E-state index in [1.54, 1.807) is 0 Å². The molecule has 1 atom stereocenters. The maximum atomic E-state index is 13.3. The van der Waals surface area contributed by atoms with Crippen LogP contribution in [-0.4, -0.2) is 43.2 Å². The molecule has 1 aliphatic heterocycles.